The number of aromatic nitrogens is 1. The van der Waals surface area contributed by atoms with Gasteiger partial charge in [-0.2, -0.15) is 0 Å². The quantitative estimate of drug-likeness (QED) is 0.635. The first-order valence-electron chi connectivity index (χ1n) is 8.18. The summed E-state index contributed by atoms with van der Waals surface area (Å²) in [5.74, 6) is -0.939. The van der Waals surface area contributed by atoms with Crippen LogP contribution in [-0.4, -0.2) is 16.4 Å². The Balaban J connectivity index is 1.76. The Morgan fingerprint density at radius 2 is 1.48 bits per heavy atom. The van der Waals surface area contributed by atoms with Gasteiger partial charge in [0.15, 0.2) is 0 Å². The zero-order valence-corrected chi connectivity index (χ0v) is 16.2. The van der Waals surface area contributed by atoms with E-state index in [4.69, 9.17) is 23.2 Å². The van der Waals surface area contributed by atoms with Crippen LogP contribution in [0.1, 0.15) is 32.1 Å². The number of aryl methyl sites for hydroxylation is 1. The number of carbonyl (C=O) groups is 2. The molecule has 27 heavy (non-hydrogen) atoms. The van der Waals surface area contributed by atoms with Gasteiger partial charge in [-0.25, -0.2) is 0 Å². The molecule has 0 aliphatic rings. The van der Waals surface area contributed by atoms with Gasteiger partial charge in [-0.15, -0.1) is 0 Å². The summed E-state index contributed by atoms with van der Waals surface area (Å²) in [7, 11) is 0. The van der Waals surface area contributed by atoms with Gasteiger partial charge in [0.25, 0.3) is 11.8 Å². The first kappa shape index (κ1) is 19.0. The minimum absolute atomic E-state index is 0.205. The number of benzene rings is 2. The van der Waals surface area contributed by atoms with E-state index in [2.05, 4.69) is 10.9 Å². The fraction of sp³-hybridized carbons (Fsp3) is 0.100. The van der Waals surface area contributed by atoms with Gasteiger partial charge in [0.1, 0.15) is 0 Å². The molecule has 138 valence electrons. The van der Waals surface area contributed by atoms with Crippen molar-refractivity contribution in [3.63, 3.8) is 0 Å². The number of amides is 2. The lowest BCUT2D eigenvalue weighted by atomic mass is 10.2. The van der Waals surface area contributed by atoms with E-state index in [9.17, 15) is 9.59 Å². The molecule has 0 saturated carbocycles. The molecule has 7 heteroatoms. The van der Waals surface area contributed by atoms with Crippen LogP contribution < -0.4 is 10.9 Å². The predicted molar refractivity (Wildman–Crippen MR) is 107 cm³/mol. The Hall–Kier alpha value is -2.76. The lowest BCUT2D eigenvalue weighted by molar-refractivity contribution is 0.0846. The topological polar surface area (TPSA) is 63.1 Å². The maximum absolute atomic E-state index is 12.5. The highest BCUT2D eigenvalue weighted by molar-refractivity contribution is 6.36. The van der Waals surface area contributed by atoms with E-state index >= 15 is 0 Å². The molecule has 0 unspecified atom stereocenters. The van der Waals surface area contributed by atoms with Crippen molar-refractivity contribution in [2.24, 2.45) is 0 Å². The molecule has 3 rings (SSSR count). The van der Waals surface area contributed by atoms with Gasteiger partial charge in [0.2, 0.25) is 0 Å². The maximum Gasteiger partial charge on any atom is 0.271 e. The van der Waals surface area contributed by atoms with Crippen LogP contribution in [0.15, 0.2) is 54.6 Å². The molecule has 2 amide bonds. The number of halogens is 2. The second-order valence-electron chi connectivity index (χ2n) is 5.99. The van der Waals surface area contributed by atoms with Crippen molar-refractivity contribution in [3.8, 4) is 5.69 Å². The summed E-state index contributed by atoms with van der Waals surface area (Å²) in [5, 5.41) is 0.630. The summed E-state index contributed by atoms with van der Waals surface area (Å²) in [5.41, 5.74) is 8.14. The SMILES string of the molecule is Cc1cc(C(=O)NNC(=O)c2ccc(Cl)cc2Cl)c(C)n1-c1ccccc1. The van der Waals surface area contributed by atoms with Crippen molar-refractivity contribution in [3.05, 3.63) is 87.2 Å². The summed E-state index contributed by atoms with van der Waals surface area (Å²) >= 11 is 11.8. The third-order valence-corrected chi connectivity index (χ3v) is 4.70. The molecule has 0 atom stereocenters. The average Bonchev–Trinajstić information content (AvgIpc) is 2.94. The van der Waals surface area contributed by atoms with Gasteiger partial charge >= 0.3 is 0 Å². The van der Waals surface area contributed by atoms with E-state index in [0.717, 1.165) is 17.1 Å². The van der Waals surface area contributed by atoms with E-state index in [1.54, 1.807) is 12.1 Å². The monoisotopic (exact) mass is 401 g/mol. The highest BCUT2D eigenvalue weighted by Gasteiger charge is 2.18. The first-order chi connectivity index (χ1) is 12.9. The van der Waals surface area contributed by atoms with Gasteiger partial charge in [-0.1, -0.05) is 41.4 Å². The number of hydrogen-bond acceptors (Lipinski definition) is 2. The Morgan fingerprint density at radius 3 is 2.11 bits per heavy atom. The Labute approximate surface area is 166 Å². The molecule has 0 fully saturated rings. The zero-order chi connectivity index (χ0) is 19.6. The molecule has 0 saturated heterocycles. The van der Waals surface area contributed by atoms with E-state index in [-0.39, 0.29) is 10.6 Å². The van der Waals surface area contributed by atoms with Gasteiger partial charge in [0, 0.05) is 22.1 Å². The van der Waals surface area contributed by atoms with Crippen LogP contribution in [-0.2, 0) is 0 Å². The second kappa shape index (κ2) is 7.86. The number of rotatable bonds is 3. The summed E-state index contributed by atoms with van der Waals surface area (Å²) in [6, 6.07) is 16.0. The van der Waals surface area contributed by atoms with Crippen LogP contribution in [0.2, 0.25) is 10.0 Å². The Kier molecular flexibility index (Phi) is 5.54. The van der Waals surface area contributed by atoms with Gasteiger partial charge in [0.05, 0.1) is 16.1 Å². The molecule has 5 nitrogen and oxygen atoms in total. The van der Waals surface area contributed by atoms with Crippen LogP contribution in [0.5, 0.6) is 0 Å². The number of nitrogens with zero attached hydrogens (tertiary/aromatic N) is 1. The summed E-state index contributed by atoms with van der Waals surface area (Å²) < 4.78 is 1.98. The number of para-hydroxylation sites is 1. The van der Waals surface area contributed by atoms with Crippen molar-refractivity contribution >= 4 is 35.0 Å². The molecule has 0 aliphatic heterocycles. The summed E-state index contributed by atoms with van der Waals surface area (Å²) in [6.45, 7) is 3.77. The summed E-state index contributed by atoms with van der Waals surface area (Å²) in [6.07, 6.45) is 0. The Bertz CT molecular complexity index is 1010. The van der Waals surface area contributed by atoms with E-state index < -0.39 is 11.8 Å². The third-order valence-electron chi connectivity index (χ3n) is 4.16. The second-order valence-corrected chi connectivity index (χ2v) is 6.83. The average molecular weight is 402 g/mol. The first-order valence-corrected chi connectivity index (χ1v) is 8.94. The lowest BCUT2D eigenvalue weighted by Crippen LogP contribution is -2.41. The van der Waals surface area contributed by atoms with Crippen molar-refractivity contribution in [2.75, 3.05) is 0 Å². The number of hydrogen-bond donors (Lipinski definition) is 2. The largest absolute Gasteiger partial charge is 0.318 e. The smallest absolute Gasteiger partial charge is 0.271 e. The van der Waals surface area contributed by atoms with Crippen LogP contribution in [0.3, 0.4) is 0 Å². The van der Waals surface area contributed by atoms with E-state index in [0.29, 0.717) is 10.6 Å². The van der Waals surface area contributed by atoms with Crippen molar-refractivity contribution in [1.82, 2.24) is 15.4 Å². The van der Waals surface area contributed by atoms with Crippen LogP contribution in [0.4, 0.5) is 0 Å². The van der Waals surface area contributed by atoms with Crippen LogP contribution in [0, 0.1) is 13.8 Å². The molecule has 2 aromatic carbocycles. The zero-order valence-electron chi connectivity index (χ0n) is 14.7. The van der Waals surface area contributed by atoms with Gasteiger partial charge in [-0.3, -0.25) is 20.4 Å². The third kappa shape index (κ3) is 3.99. The molecule has 2 N–H and O–H groups in total. The van der Waals surface area contributed by atoms with E-state index in [1.807, 2.05) is 48.7 Å². The molecule has 3 aromatic rings. The predicted octanol–water partition coefficient (Wildman–Crippen LogP) is 4.48. The molecule has 1 heterocycles. The highest BCUT2D eigenvalue weighted by atomic mass is 35.5. The minimum atomic E-state index is -0.526. The fourth-order valence-corrected chi connectivity index (χ4v) is 3.38. The normalized spacial score (nSPS) is 10.5. The van der Waals surface area contributed by atoms with Gasteiger partial charge in [-0.05, 0) is 50.2 Å². The van der Waals surface area contributed by atoms with Crippen molar-refractivity contribution in [2.45, 2.75) is 13.8 Å². The van der Waals surface area contributed by atoms with Crippen molar-refractivity contribution in [1.29, 1.82) is 0 Å². The van der Waals surface area contributed by atoms with Crippen LogP contribution >= 0.6 is 23.2 Å². The highest BCUT2D eigenvalue weighted by Crippen LogP contribution is 2.22. The Morgan fingerprint density at radius 1 is 0.852 bits per heavy atom. The van der Waals surface area contributed by atoms with Crippen LogP contribution in [0.25, 0.3) is 5.69 Å². The van der Waals surface area contributed by atoms with Crippen molar-refractivity contribution < 1.29 is 9.59 Å². The molecule has 1 aromatic heterocycles. The molecular weight excluding hydrogens is 385 g/mol. The number of nitrogens with one attached hydrogen (secondary N) is 2. The standard InChI is InChI=1S/C20H17Cl2N3O2/c1-12-10-17(13(2)25(12)15-6-4-3-5-7-15)20(27)24-23-19(26)16-9-8-14(21)11-18(16)22/h3-11H,1-2H3,(H,23,26)(H,24,27). The number of hydrazine groups is 1. The molecule has 0 radical (unpaired) electrons. The lowest BCUT2D eigenvalue weighted by Gasteiger charge is -2.11. The minimum Gasteiger partial charge on any atom is -0.318 e. The molecule has 0 bridgehead atoms. The van der Waals surface area contributed by atoms with E-state index in [1.165, 1.54) is 12.1 Å². The number of carbonyl (C=O) groups excluding carboxylic acids is 2. The van der Waals surface area contributed by atoms with Gasteiger partial charge < -0.3 is 4.57 Å². The summed E-state index contributed by atoms with van der Waals surface area (Å²) in [4.78, 5) is 24.8. The molecule has 0 spiro atoms. The fourth-order valence-electron chi connectivity index (χ4n) is 2.89. The molecule has 0 aliphatic carbocycles. The maximum atomic E-state index is 12.5. The molecular formula is C20H17Cl2N3O2.